The van der Waals surface area contributed by atoms with E-state index in [1.807, 2.05) is 77.7 Å². The molecule has 5 nitrogen and oxygen atoms in total. The van der Waals surface area contributed by atoms with Crippen LogP contribution in [0.2, 0.25) is 0 Å². The van der Waals surface area contributed by atoms with Gasteiger partial charge in [0.25, 0.3) is 5.91 Å². The number of thioether (sulfide) groups is 1. The van der Waals surface area contributed by atoms with Gasteiger partial charge in [0.2, 0.25) is 0 Å². The highest BCUT2D eigenvalue weighted by Gasteiger charge is 2.41. The third-order valence-electron chi connectivity index (χ3n) is 7.06. The van der Waals surface area contributed by atoms with Crippen LogP contribution in [0, 0.1) is 5.92 Å². The zero-order chi connectivity index (χ0) is 27.4. The van der Waals surface area contributed by atoms with Crippen LogP contribution in [-0.2, 0) is 11.4 Å². The van der Waals surface area contributed by atoms with E-state index in [0.717, 1.165) is 50.2 Å². The molecule has 0 radical (unpaired) electrons. The molecule has 39 heavy (non-hydrogen) atoms. The molecular formula is C31H30Br2N2O3S. The molecule has 1 saturated heterocycles. The van der Waals surface area contributed by atoms with E-state index in [2.05, 4.69) is 38.8 Å². The molecule has 0 bridgehead atoms. The first-order chi connectivity index (χ1) is 18.9. The van der Waals surface area contributed by atoms with E-state index in [1.165, 1.54) is 18.2 Å². The average molecular weight is 670 g/mol. The van der Waals surface area contributed by atoms with Crippen molar-refractivity contribution in [2.75, 3.05) is 7.11 Å². The predicted molar refractivity (Wildman–Crippen MR) is 167 cm³/mol. The normalized spacial score (nSPS) is 21.5. The van der Waals surface area contributed by atoms with Gasteiger partial charge in [-0.25, -0.2) is 4.99 Å². The summed E-state index contributed by atoms with van der Waals surface area (Å²) in [5.74, 6) is 1.66. The van der Waals surface area contributed by atoms with Crippen molar-refractivity contribution in [1.82, 2.24) is 4.90 Å². The van der Waals surface area contributed by atoms with Crippen LogP contribution < -0.4 is 9.47 Å². The summed E-state index contributed by atoms with van der Waals surface area (Å²) in [6, 6.07) is 21.9. The predicted octanol–water partition coefficient (Wildman–Crippen LogP) is 8.98. The lowest BCUT2D eigenvalue weighted by atomic mass is 9.85. The van der Waals surface area contributed by atoms with Gasteiger partial charge in [-0.3, -0.25) is 9.69 Å². The molecule has 1 heterocycles. The summed E-state index contributed by atoms with van der Waals surface area (Å²) in [7, 11) is 1.62. The molecule has 0 aromatic heterocycles. The molecule has 2 fully saturated rings. The Kier molecular flexibility index (Phi) is 9.15. The van der Waals surface area contributed by atoms with Crippen LogP contribution in [0.4, 0.5) is 5.69 Å². The van der Waals surface area contributed by atoms with Gasteiger partial charge in [0.05, 0.1) is 22.2 Å². The van der Waals surface area contributed by atoms with Crippen molar-refractivity contribution in [1.29, 1.82) is 0 Å². The number of amides is 1. The lowest BCUT2D eigenvalue weighted by Gasteiger charge is -2.35. The first-order valence-corrected chi connectivity index (χ1v) is 15.4. The number of halogens is 2. The van der Waals surface area contributed by atoms with Gasteiger partial charge < -0.3 is 9.47 Å². The average Bonchev–Trinajstić information content (AvgIpc) is 3.23. The Balaban J connectivity index is 1.44. The maximum atomic E-state index is 13.8. The third kappa shape index (κ3) is 6.61. The molecule has 0 N–H and O–H groups in total. The number of hydrogen-bond acceptors (Lipinski definition) is 5. The first kappa shape index (κ1) is 28.0. The topological polar surface area (TPSA) is 51.1 Å². The Morgan fingerprint density at radius 3 is 2.51 bits per heavy atom. The van der Waals surface area contributed by atoms with Crippen molar-refractivity contribution in [2.45, 2.75) is 45.3 Å². The van der Waals surface area contributed by atoms with Crippen molar-refractivity contribution in [3.05, 3.63) is 91.7 Å². The minimum absolute atomic E-state index is 0.0130. The number of aliphatic imine (C=N–C) groups is 1. The van der Waals surface area contributed by atoms with Gasteiger partial charge >= 0.3 is 0 Å². The summed E-state index contributed by atoms with van der Waals surface area (Å²) < 4.78 is 13.6. The van der Waals surface area contributed by atoms with E-state index in [0.29, 0.717) is 28.9 Å². The van der Waals surface area contributed by atoms with Crippen LogP contribution >= 0.6 is 43.6 Å². The molecule has 3 aromatic rings. The molecule has 1 amide bonds. The van der Waals surface area contributed by atoms with Crippen molar-refractivity contribution in [2.24, 2.45) is 10.9 Å². The summed E-state index contributed by atoms with van der Waals surface area (Å²) in [4.78, 5) is 21.3. The highest BCUT2D eigenvalue weighted by atomic mass is 79.9. The molecule has 0 unspecified atom stereocenters. The SMILES string of the molecule is COc1cc(/C=C2\SC(=Nc3ccccc3)N([C@H]3CCCC[C@H]3C)C2=O)cc(Br)c1OCc1ccc(Br)cc1. The minimum atomic E-state index is 0.0130. The summed E-state index contributed by atoms with van der Waals surface area (Å²) >= 11 is 8.56. The molecule has 1 aliphatic carbocycles. The first-order valence-electron chi connectivity index (χ1n) is 13.0. The Hall–Kier alpha value is -2.55. The zero-order valence-electron chi connectivity index (χ0n) is 21.9. The summed E-state index contributed by atoms with van der Waals surface area (Å²) in [6.07, 6.45) is 6.39. The van der Waals surface area contributed by atoms with Crippen LogP contribution in [0.15, 0.2) is 85.6 Å². The largest absolute Gasteiger partial charge is 0.493 e. The highest BCUT2D eigenvalue weighted by molar-refractivity contribution is 9.10. The second-order valence-corrected chi connectivity index (χ2v) is 12.6. The monoisotopic (exact) mass is 668 g/mol. The Morgan fingerprint density at radius 1 is 1.05 bits per heavy atom. The fraction of sp³-hybridized carbons (Fsp3) is 0.290. The van der Waals surface area contributed by atoms with Crippen molar-refractivity contribution >= 4 is 66.5 Å². The molecule has 8 heteroatoms. The minimum Gasteiger partial charge on any atom is -0.493 e. The van der Waals surface area contributed by atoms with Gasteiger partial charge in [0, 0.05) is 10.5 Å². The standard InChI is InChI=1S/C31H30Br2N2O3S/c1-20-8-6-7-11-26(20)35-30(36)28(39-31(35)34-24-9-4-3-5-10-24)18-22-16-25(33)29(27(17-22)37-2)38-19-21-12-14-23(32)15-13-21/h3-5,9-10,12-18,20,26H,6-8,11,19H2,1-2H3/b28-18-,34-31?/t20-,26+/m1/s1. The second-order valence-electron chi connectivity index (χ2n) is 9.79. The number of benzene rings is 3. The number of amidine groups is 1. The molecule has 1 saturated carbocycles. The number of carbonyl (C=O) groups excluding carboxylic acids is 1. The highest BCUT2D eigenvalue weighted by Crippen LogP contribution is 2.42. The summed E-state index contributed by atoms with van der Waals surface area (Å²) in [5.41, 5.74) is 2.75. The van der Waals surface area contributed by atoms with E-state index in [1.54, 1.807) is 7.11 Å². The van der Waals surface area contributed by atoms with Gasteiger partial charge in [0.15, 0.2) is 16.7 Å². The molecular weight excluding hydrogens is 640 g/mol. The lowest BCUT2D eigenvalue weighted by molar-refractivity contribution is -0.124. The van der Waals surface area contributed by atoms with E-state index < -0.39 is 0 Å². The number of hydrogen-bond donors (Lipinski definition) is 0. The van der Waals surface area contributed by atoms with Crippen LogP contribution in [0.5, 0.6) is 11.5 Å². The van der Waals surface area contributed by atoms with E-state index in [-0.39, 0.29) is 11.9 Å². The van der Waals surface area contributed by atoms with Crippen molar-refractivity contribution in [3.63, 3.8) is 0 Å². The quantitative estimate of drug-likeness (QED) is 0.236. The van der Waals surface area contributed by atoms with Gasteiger partial charge in [-0.15, -0.1) is 0 Å². The number of carbonyl (C=O) groups is 1. The molecule has 3 aromatic carbocycles. The second kappa shape index (κ2) is 12.7. The Morgan fingerprint density at radius 2 is 1.79 bits per heavy atom. The van der Waals surface area contributed by atoms with Gasteiger partial charge in [0.1, 0.15) is 6.61 Å². The molecule has 2 aliphatic rings. The summed E-state index contributed by atoms with van der Waals surface area (Å²) in [6.45, 7) is 2.66. The molecule has 202 valence electrons. The lowest BCUT2D eigenvalue weighted by Crippen LogP contribution is -2.44. The van der Waals surface area contributed by atoms with Crippen LogP contribution in [-0.4, -0.2) is 29.1 Å². The van der Waals surface area contributed by atoms with Crippen LogP contribution in [0.3, 0.4) is 0 Å². The van der Waals surface area contributed by atoms with Gasteiger partial charge in [-0.1, -0.05) is 66.0 Å². The molecule has 5 rings (SSSR count). The molecule has 1 aliphatic heterocycles. The fourth-order valence-corrected chi connectivity index (χ4v) is 6.88. The number of para-hydroxylation sites is 1. The zero-order valence-corrected chi connectivity index (χ0v) is 25.9. The van der Waals surface area contributed by atoms with Crippen molar-refractivity contribution < 1.29 is 14.3 Å². The van der Waals surface area contributed by atoms with Crippen LogP contribution in [0.1, 0.15) is 43.7 Å². The molecule has 0 spiro atoms. The van der Waals surface area contributed by atoms with E-state index in [9.17, 15) is 4.79 Å². The number of ether oxygens (including phenoxy) is 2. The van der Waals surface area contributed by atoms with E-state index in [4.69, 9.17) is 14.5 Å². The molecule has 2 atom stereocenters. The van der Waals surface area contributed by atoms with E-state index >= 15 is 0 Å². The maximum Gasteiger partial charge on any atom is 0.267 e. The van der Waals surface area contributed by atoms with Gasteiger partial charge in [-0.05, 0) is 100 Å². The fourth-order valence-electron chi connectivity index (χ4n) is 5.00. The Labute approximate surface area is 250 Å². The Bertz CT molecular complexity index is 1390. The number of methoxy groups -OCH3 is 1. The number of nitrogens with zero attached hydrogens (tertiary/aromatic N) is 2. The van der Waals surface area contributed by atoms with Gasteiger partial charge in [-0.2, -0.15) is 0 Å². The summed E-state index contributed by atoms with van der Waals surface area (Å²) in [5, 5.41) is 0.747. The maximum absolute atomic E-state index is 13.8. The smallest absolute Gasteiger partial charge is 0.267 e. The number of rotatable bonds is 7. The van der Waals surface area contributed by atoms with Crippen LogP contribution in [0.25, 0.3) is 6.08 Å². The van der Waals surface area contributed by atoms with Crippen molar-refractivity contribution in [3.8, 4) is 11.5 Å². The third-order valence-corrected chi connectivity index (χ3v) is 9.16.